The summed E-state index contributed by atoms with van der Waals surface area (Å²) >= 11 is 0. The van der Waals surface area contributed by atoms with Gasteiger partial charge in [-0.1, -0.05) is 6.07 Å². The smallest absolute Gasteiger partial charge is 0.283 e. The zero-order valence-corrected chi connectivity index (χ0v) is 12.0. The number of nitrogens with zero attached hydrogens (tertiary/aromatic N) is 3. The Morgan fingerprint density at radius 2 is 1.96 bits per heavy atom. The van der Waals surface area contributed by atoms with Gasteiger partial charge >= 0.3 is 0 Å². The van der Waals surface area contributed by atoms with Gasteiger partial charge < -0.3 is 5.32 Å². The molecule has 0 bridgehead atoms. The van der Waals surface area contributed by atoms with Crippen molar-refractivity contribution in [3.8, 4) is 11.1 Å². The fraction of sp³-hybridized carbons (Fsp3) is 0.133. The number of H-pyrrole nitrogens is 1. The molecular formula is C15H12F3N5. The van der Waals surface area contributed by atoms with Crippen molar-refractivity contribution in [2.75, 3.05) is 5.32 Å². The maximum Gasteiger partial charge on any atom is 0.283 e. The summed E-state index contributed by atoms with van der Waals surface area (Å²) < 4.78 is 38.6. The van der Waals surface area contributed by atoms with Crippen LogP contribution in [0, 0.1) is 12.7 Å². The van der Waals surface area contributed by atoms with E-state index in [1.807, 2.05) is 13.0 Å². The Balaban J connectivity index is 1.93. The van der Waals surface area contributed by atoms with Gasteiger partial charge in [-0.05, 0) is 30.2 Å². The lowest BCUT2D eigenvalue weighted by molar-refractivity contribution is 0.140. The van der Waals surface area contributed by atoms with Crippen LogP contribution in [0.5, 0.6) is 0 Å². The Morgan fingerprint density at radius 3 is 2.65 bits per heavy atom. The zero-order valence-electron chi connectivity index (χ0n) is 12.0. The predicted octanol–water partition coefficient (Wildman–Crippen LogP) is 4.00. The van der Waals surface area contributed by atoms with Crippen molar-refractivity contribution < 1.29 is 13.2 Å². The summed E-state index contributed by atoms with van der Waals surface area (Å²) in [6, 6.07) is 5.55. The minimum atomic E-state index is -3.00. The minimum Gasteiger partial charge on any atom is -0.324 e. The van der Waals surface area contributed by atoms with Crippen LogP contribution < -0.4 is 5.32 Å². The van der Waals surface area contributed by atoms with Crippen LogP contribution in [0.15, 0.2) is 36.8 Å². The molecule has 0 amide bonds. The standard InChI is InChI=1S/C15H12F3N5/c1-8-2-9(10-5-20-21-6-10)4-11(3-8)22-15-19-7-12(16)13(23-15)14(17)18/h2-7,14H,1H3,(H,20,21)(H,19,22,23). The summed E-state index contributed by atoms with van der Waals surface area (Å²) in [4.78, 5) is 7.21. The average Bonchev–Trinajstić information content (AvgIpc) is 3.03. The zero-order chi connectivity index (χ0) is 16.4. The third-order valence-electron chi connectivity index (χ3n) is 3.14. The topological polar surface area (TPSA) is 66.5 Å². The molecule has 0 saturated carbocycles. The molecule has 0 atom stereocenters. The number of hydrogen-bond donors (Lipinski definition) is 2. The average molecular weight is 319 g/mol. The first kappa shape index (κ1) is 15.0. The highest BCUT2D eigenvalue weighted by Crippen LogP contribution is 2.26. The Morgan fingerprint density at radius 1 is 1.13 bits per heavy atom. The van der Waals surface area contributed by atoms with Gasteiger partial charge in [-0.3, -0.25) is 5.10 Å². The van der Waals surface area contributed by atoms with Crippen LogP contribution >= 0.6 is 0 Å². The Hall–Kier alpha value is -2.90. The summed E-state index contributed by atoms with van der Waals surface area (Å²) in [5.41, 5.74) is 2.39. The summed E-state index contributed by atoms with van der Waals surface area (Å²) in [7, 11) is 0. The highest BCUT2D eigenvalue weighted by Gasteiger charge is 2.17. The molecule has 0 spiro atoms. The van der Waals surface area contributed by atoms with Crippen LogP contribution in [0.2, 0.25) is 0 Å². The molecule has 2 heterocycles. The van der Waals surface area contributed by atoms with Crippen LogP contribution in [-0.4, -0.2) is 20.2 Å². The summed E-state index contributed by atoms with van der Waals surface area (Å²) in [6.45, 7) is 1.89. The van der Waals surface area contributed by atoms with E-state index in [0.717, 1.165) is 22.9 Å². The van der Waals surface area contributed by atoms with Crippen LogP contribution in [0.3, 0.4) is 0 Å². The molecule has 1 aromatic carbocycles. The molecule has 0 aliphatic carbocycles. The van der Waals surface area contributed by atoms with Crippen molar-refractivity contribution in [1.29, 1.82) is 0 Å². The number of benzene rings is 1. The maximum absolute atomic E-state index is 13.2. The predicted molar refractivity (Wildman–Crippen MR) is 79.0 cm³/mol. The van der Waals surface area contributed by atoms with Gasteiger partial charge in [0.15, 0.2) is 5.82 Å². The molecule has 2 aromatic heterocycles. The van der Waals surface area contributed by atoms with E-state index in [9.17, 15) is 13.2 Å². The number of aromatic amines is 1. The Labute approximate surface area is 129 Å². The second-order valence-corrected chi connectivity index (χ2v) is 4.93. The largest absolute Gasteiger partial charge is 0.324 e. The molecule has 118 valence electrons. The maximum atomic E-state index is 13.2. The third-order valence-corrected chi connectivity index (χ3v) is 3.14. The molecule has 3 rings (SSSR count). The first-order chi connectivity index (χ1) is 11.0. The van der Waals surface area contributed by atoms with Gasteiger partial charge in [0.2, 0.25) is 5.95 Å². The second kappa shape index (κ2) is 6.07. The number of nitrogens with one attached hydrogen (secondary N) is 2. The number of aryl methyl sites for hydroxylation is 1. The number of anilines is 2. The highest BCUT2D eigenvalue weighted by atomic mass is 19.3. The van der Waals surface area contributed by atoms with Crippen molar-refractivity contribution in [2.45, 2.75) is 13.3 Å². The number of halogens is 3. The van der Waals surface area contributed by atoms with Crippen LogP contribution in [0.4, 0.5) is 24.8 Å². The summed E-state index contributed by atoms with van der Waals surface area (Å²) in [6.07, 6.45) is 1.13. The number of aromatic nitrogens is 4. The lowest BCUT2D eigenvalue weighted by Crippen LogP contribution is -2.03. The van der Waals surface area contributed by atoms with E-state index in [1.165, 1.54) is 0 Å². The van der Waals surface area contributed by atoms with Gasteiger partial charge in [-0.15, -0.1) is 0 Å². The van der Waals surface area contributed by atoms with E-state index in [2.05, 4.69) is 25.5 Å². The van der Waals surface area contributed by atoms with Gasteiger partial charge in [0.05, 0.1) is 12.4 Å². The van der Waals surface area contributed by atoms with Crippen molar-refractivity contribution in [3.05, 3.63) is 53.9 Å². The van der Waals surface area contributed by atoms with E-state index >= 15 is 0 Å². The van der Waals surface area contributed by atoms with Crippen molar-refractivity contribution in [3.63, 3.8) is 0 Å². The summed E-state index contributed by atoms with van der Waals surface area (Å²) in [5.74, 6) is -1.22. The molecule has 0 unspecified atom stereocenters. The first-order valence-electron chi connectivity index (χ1n) is 6.71. The van der Waals surface area contributed by atoms with Gasteiger partial charge in [-0.25, -0.2) is 23.1 Å². The van der Waals surface area contributed by atoms with Gasteiger partial charge in [0.1, 0.15) is 5.69 Å². The van der Waals surface area contributed by atoms with Gasteiger partial charge in [0, 0.05) is 17.4 Å². The molecule has 2 N–H and O–H groups in total. The normalized spacial score (nSPS) is 11.0. The lowest BCUT2D eigenvalue weighted by atomic mass is 10.1. The molecule has 3 aromatic rings. The van der Waals surface area contributed by atoms with E-state index in [4.69, 9.17) is 0 Å². The minimum absolute atomic E-state index is 0.0922. The molecular weight excluding hydrogens is 307 g/mol. The number of alkyl halides is 2. The molecule has 0 fully saturated rings. The molecule has 0 radical (unpaired) electrons. The van der Waals surface area contributed by atoms with Crippen LogP contribution in [0.1, 0.15) is 17.7 Å². The Kier molecular flexibility index (Phi) is 3.96. The third kappa shape index (κ3) is 3.31. The quantitative estimate of drug-likeness (QED) is 0.763. The fourth-order valence-electron chi connectivity index (χ4n) is 2.15. The molecule has 23 heavy (non-hydrogen) atoms. The van der Waals surface area contributed by atoms with Crippen molar-refractivity contribution in [1.82, 2.24) is 20.2 Å². The lowest BCUT2D eigenvalue weighted by Gasteiger charge is -2.09. The highest BCUT2D eigenvalue weighted by molar-refractivity contribution is 5.69. The van der Waals surface area contributed by atoms with Gasteiger partial charge in [-0.2, -0.15) is 5.10 Å². The summed E-state index contributed by atoms with van der Waals surface area (Å²) in [5, 5.41) is 9.43. The second-order valence-electron chi connectivity index (χ2n) is 4.93. The van der Waals surface area contributed by atoms with Crippen LogP contribution in [-0.2, 0) is 0 Å². The van der Waals surface area contributed by atoms with E-state index < -0.39 is 17.9 Å². The molecule has 5 nitrogen and oxygen atoms in total. The Bertz CT molecular complexity index is 818. The van der Waals surface area contributed by atoms with E-state index in [0.29, 0.717) is 5.69 Å². The van der Waals surface area contributed by atoms with E-state index in [-0.39, 0.29) is 5.95 Å². The number of rotatable bonds is 4. The first-order valence-corrected chi connectivity index (χ1v) is 6.71. The SMILES string of the molecule is Cc1cc(Nc2ncc(F)c(C(F)F)n2)cc(-c2cn[nH]c2)c1. The van der Waals surface area contributed by atoms with Crippen LogP contribution in [0.25, 0.3) is 11.1 Å². The molecule has 8 heteroatoms. The molecule has 0 aliphatic heterocycles. The number of hydrogen-bond acceptors (Lipinski definition) is 4. The van der Waals surface area contributed by atoms with Crippen molar-refractivity contribution in [2.24, 2.45) is 0 Å². The monoisotopic (exact) mass is 319 g/mol. The van der Waals surface area contributed by atoms with E-state index in [1.54, 1.807) is 24.5 Å². The fourth-order valence-corrected chi connectivity index (χ4v) is 2.15. The van der Waals surface area contributed by atoms with Crippen molar-refractivity contribution >= 4 is 11.6 Å². The molecule has 0 aliphatic rings. The van der Waals surface area contributed by atoms with Gasteiger partial charge in [0.25, 0.3) is 6.43 Å². The molecule has 0 saturated heterocycles.